The van der Waals surface area contributed by atoms with Crippen LogP contribution in [0.5, 0.6) is 0 Å². The van der Waals surface area contributed by atoms with Gasteiger partial charge in [-0.15, -0.1) is 0 Å². The Labute approximate surface area is 120 Å². The van der Waals surface area contributed by atoms with Crippen LogP contribution in [0, 0.1) is 0 Å². The van der Waals surface area contributed by atoms with Gasteiger partial charge in [-0.05, 0) is 24.3 Å². The molecule has 0 aliphatic heterocycles. The lowest BCUT2D eigenvalue weighted by Gasteiger charge is -2.10. The van der Waals surface area contributed by atoms with E-state index in [9.17, 15) is 0 Å². The van der Waals surface area contributed by atoms with E-state index in [0.717, 1.165) is 27.3 Å². The summed E-state index contributed by atoms with van der Waals surface area (Å²) in [5.74, 6) is 0. The second-order valence-corrected chi connectivity index (χ2v) is 5.20. The minimum atomic E-state index is 1.02. The van der Waals surface area contributed by atoms with Crippen LogP contribution in [0.15, 0.2) is 67.1 Å². The molecule has 0 saturated heterocycles. The van der Waals surface area contributed by atoms with Gasteiger partial charge < -0.3 is 4.40 Å². The highest BCUT2D eigenvalue weighted by molar-refractivity contribution is 6.17. The highest BCUT2D eigenvalue weighted by Crippen LogP contribution is 2.31. The number of fused-ring (bicyclic) bond motifs is 8. The first-order valence-corrected chi connectivity index (χ1v) is 6.95. The van der Waals surface area contributed by atoms with Gasteiger partial charge in [0.2, 0.25) is 0 Å². The lowest BCUT2D eigenvalue weighted by molar-refractivity contribution is 1.27. The van der Waals surface area contributed by atoms with Crippen molar-refractivity contribution in [2.24, 2.45) is 0 Å². The molecule has 5 aromatic rings. The van der Waals surface area contributed by atoms with Crippen molar-refractivity contribution >= 4 is 38.2 Å². The van der Waals surface area contributed by atoms with Crippen molar-refractivity contribution < 1.29 is 0 Å². The monoisotopic (exact) mass is 269 g/mol. The van der Waals surface area contributed by atoms with Gasteiger partial charge in [0.1, 0.15) is 0 Å². The zero-order valence-corrected chi connectivity index (χ0v) is 11.2. The van der Waals surface area contributed by atoms with Crippen LogP contribution in [-0.2, 0) is 0 Å². The molecule has 4 aromatic heterocycles. The first-order chi connectivity index (χ1) is 10.4. The summed E-state index contributed by atoms with van der Waals surface area (Å²) in [5, 5.41) is 3.46. The molecule has 0 aliphatic rings. The quantitative estimate of drug-likeness (QED) is 0.395. The average molecular weight is 269 g/mol. The maximum Gasteiger partial charge on any atom is 0.0949 e. The number of hydrogen-bond donors (Lipinski definition) is 0. The molecule has 0 fully saturated rings. The molecule has 98 valence electrons. The summed E-state index contributed by atoms with van der Waals surface area (Å²) in [5.41, 5.74) is 4.37. The van der Waals surface area contributed by atoms with Gasteiger partial charge in [0.25, 0.3) is 0 Å². The number of hydrogen-bond acceptors (Lipinski definition) is 2. The molecular weight excluding hydrogens is 258 g/mol. The second kappa shape index (κ2) is 3.79. The van der Waals surface area contributed by atoms with Gasteiger partial charge in [0, 0.05) is 34.7 Å². The molecule has 21 heavy (non-hydrogen) atoms. The van der Waals surface area contributed by atoms with Gasteiger partial charge >= 0.3 is 0 Å². The molecule has 1 aromatic carbocycles. The van der Waals surface area contributed by atoms with Gasteiger partial charge in [-0.25, -0.2) is 0 Å². The number of benzene rings is 1. The van der Waals surface area contributed by atoms with Crippen molar-refractivity contribution in [2.45, 2.75) is 0 Å². The zero-order valence-electron chi connectivity index (χ0n) is 11.2. The second-order valence-electron chi connectivity index (χ2n) is 5.20. The fourth-order valence-corrected chi connectivity index (χ4v) is 3.18. The summed E-state index contributed by atoms with van der Waals surface area (Å²) in [6.07, 6.45) is 5.90. The standard InChI is InChI=1S/C18H11N3/c1-2-7-15-13(5-1)18-14(11-20-15)12-6-3-9-19-17(12)16-8-4-10-21(16)18/h1-11H. The smallest absolute Gasteiger partial charge is 0.0949 e. The number of nitrogens with zero attached hydrogens (tertiary/aromatic N) is 3. The lowest BCUT2D eigenvalue weighted by Crippen LogP contribution is -1.93. The molecule has 0 saturated carbocycles. The highest BCUT2D eigenvalue weighted by Gasteiger charge is 2.11. The molecule has 0 bridgehead atoms. The van der Waals surface area contributed by atoms with Crippen LogP contribution >= 0.6 is 0 Å². The highest BCUT2D eigenvalue weighted by atomic mass is 14.9. The minimum Gasteiger partial charge on any atom is -0.314 e. The Balaban J connectivity index is 2.24. The predicted molar refractivity (Wildman–Crippen MR) is 85.5 cm³/mol. The van der Waals surface area contributed by atoms with Gasteiger partial charge in [-0.2, -0.15) is 0 Å². The summed E-state index contributed by atoms with van der Waals surface area (Å²) in [6, 6.07) is 16.6. The summed E-state index contributed by atoms with van der Waals surface area (Å²) in [7, 11) is 0. The number of pyridine rings is 3. The molecule has 3 nitrogen and oxygen atoms in total. The van der Waals surface area contributed by atoms with Crippen LogP contribution in [0.2, 0.25) is 0 Å². The van der Waals surface area contributed by atoms with Crippen molar-refractivity contribution in [1.82, 2.24) is 14.4 Å². The van der Waals surface area contributed by atoms with Crippen LogP contribution in [0.4, 0.5) is 0 Å². The predicted octanol–water partition coefficient (Wildman–Crippen LogP) is 4.19. The Morgan fingerprint density at radius 1 is 0.762 bits per heavy atom. The van der Waals surface area contributed by atoms with E-state index in [1.165, 1.54) is 10.9 Å². The molecule has 5 rings (SSSR count). The van der Waals surface area contributed by atoms with Gasteiger partial charge in [0.05, 0.1) is 22.1 Å². The van der Waals surface area contributed by atoms with E-state index < -0.39 is 0 Å². The van der Waals surface area contributed by atoms with Crippen molar-refractivity contribution in [3.8, 4) is 0 Å². The lowest BCUT2D eigenvalue weighted by atomic mass is 10.1. The van der Waals surface area contributed by atoms with Crippen molar-refractivity contribution in [1.29, 1.82) is 0 Å². The topological polar surface area (TPSA) is 30.2 Å². The summed E-state index contributed by atoms with van der Waals surface area (Å²) in [4.78, 5) is 9.17. The zero-order chi connectivity index (χ0) is 13.8. The molecule has 0 amide bonds. The van der Waals surface area contributed by atoms with E-state index in [0.29, 0.717) is 0 Å². The Bertz CT molecular complexity index is 1130. The first-order valence-electron chi connectivity index (χ1n) is 6.95. The number of aromatic nitrogens is 3. The van der Waals surface area contributed by atoms with E-state index in [1.807, 2.05) is 24.5 Å². The molecule has 0 spiro atoms. The maximum atomic E-state index is 4.61. The van der Waals surface area contributed by atoms with Crippen molar-refractivity contribution in [3.63, 3.8) is 0 Å². The van der Waals surface area contributed by atoms with E-state index in [1.54, 1.807) is 0 Å². The van der Waals surface area contributed by atoms with E-state index in [4.69, 9.17) is 0 Å². The molecular formula is C18H11N3. The SMILES string of the molecule is c1ccc2c(c1)ncc1c3cccnc3c3cccn3c21. The molecule has 0 atom stereocenters. The van der Waals surface area contributed by atoms with Crippen LogP contribution < -0.4 is 0 Å². The normalized spacial score (nSPS) is 11.8. The summed E-state index contributed by atoms with van der Waals surface area (Å²) < 4.78 is 2.22. The third kappa shape index (κ3) is 1.32. The minimum absolute atomic E-state index is 1.02. The summed E-state index contributed by atoms with van der Waals surface area (Å²) in [6.45, 7) is 0. The van der Waals surface area contributed by atoms with Crippen LogP contribution in [-0.4, -0.2) is 14.4 Å². The summed E-state index contributed by atoms with van der Waals surface area (Å²) >= 11 is 0. The molecule has 0 N–H and O–H groups in total. The number of para-hydroxylation sites is 1. The van der Waals surface area contributed by atoms with Crippen LogP contribution in [0.1, 0.15) is 0 Å². The Morgan fingerprint density at radius 2 is 1.67 bits per heavy atom. The van der Waals surface area contributed by atoms with Gasteiger partial charge in [-0.1, -0.05) is 24.3 Å². The third-order valence-corrected chi connectivity index (χ3v) is 4.08. The van der Waals surface area contributed by atoms with Crippen molar-refractivity contribution in [2.75, 3.05) is 0 Å². The van der Waals surface area contributed by atoms with E-state index in [2.05, 4.69) is 57.0 Å². The Morgan fingerprint density at radius 3 is 2.67 bits per heavy atom. The molecule has 4 heterocycles. The average Bonchev–Trinajstić information content (AvgIpc) is 3.04. The van der Waals surface area contributed by atoms with Gasteiger partial charge in [-0.3, -0.25) is 9.97 Å². The first kappa shape index (κ1) is 10.8. The Hall–Kier alpha value is -2.94. The fraction of sp³-hybridized carbons (Fsp3) is 0. The number of rotatable bonds is 0. The molecule has 0 aliphatic carbocycles. The van der Waals surface area contributed by atoms with Crippen LogP contribution in [0.3, 0.4) is 0 Å². The van der Waals surface area contributed by atoms with Gasteiger partial charge in [0.15, 0.2) is 0 Å². The molecule has 0 radical (unpaired) electrons. The largest absolute Gasteiger partial charge is 0.314 e. The van der Waals surface area contributed by atoms with E-state index in [-0.39, 0.29) is 0 Å². The maximum absolute atomic E-state index is 4.61. The third-order valence-electron chi connectivity index (χ3n) is 4.08. The van der Waals surface area contributed by atoms with Crippen LogP contribution in [0.25, 0.3) is 38.2 Å². The fourth-order valence-electron chi connectivity index (χ4n) is 3.18. The van der Waals surface area contributed by atoms with Crippen molar-refractivity contribution in [3.05, 3.63) is 67.1 Å². The molecule has 0 unspecified atom stereocenters. The molecule has 3 heteroatoms. The Kier molecular flexibility index (Phi) is 1.95. The van der Waals surface area contributed by atoms with E-state index >= 15 is 0 Å².